The zero-order valence-electron chi connectivity index (χ0n) is 13.2. The summed E-state index contributed by atoms with van der Waals surface area (Å²) in [5.41, 5.74) is 0.124. The molecule has 126 valence electrons. The van der Waals surface area contributed by atoms with Gasteiger partial charge in [-0.1, -0.05) is 31.8 Å². The van der Waals surface area contributed by atoms with E-state index < -0.39 is 0 Å². The van der Waals surface area contributed by atoms with Crippen LogP contribution in [-0.2, 0) is 4.79 Å². The molecule has 0 bridgehead atoms. The van der Waals surface area contributed by atoms with Crippen molar-refractivity contribution in [2.45, 2.75) is 51.4 Å². The fourth-order valence-electron chi connectivity index (χ4n) is 2.19. The molecular formula is C18H23IO4. The van der Waals surface area contributed by atoms with Gasteiger partial charge in [0, 0.05) is 6.42 Å². The SMILES string of the molecule is C=CCCCCCCCCC(=O)Oc1cc(I)c(O)c(C=O)c1. The van der Waals surface area contributed by atoms with E-state index in [0.717, 1.165) is 25.7 Å². The van der Waals surface area contributed by atoms with E-state index >= 15 is 0 Å². The van der Waals surface area contributed by atoms with E-state index in [4.69, 9.17) is 4.74 Å². The summed E-state index contributed by atoms with van der Waals surface area (Å²) in [4.78, 5) is 22.6. The number of esters is 1. The molecule has 1 aromatic carbocycles. The molecule has 4 nitrogen and oxygen atoms in total. The Kier molecular flexibility index (Phi) is 9.59. The lowest BCUT2D eigenvalue weighted by Gasteiger charge is -2.07. The lowest BCUT2D eigenvalue weighted by Crippen LogP contribution is -2.08. The van der Waals surface area contributed by atoms with E-state index in [-0.39, 0.29) is 17.3 Å². The van der Waals surface area contributed by atoms with E-state index in [1.807, 2.05) is 28.7 Å². The lowest BCUT2D eigenvalue weighted by molar-refractivity contribution is -0.134. The summed E-state index contributed by atoms with van der Waals surface area (Å²) in [5, 5.41) is 9.65. The number of benzene rings is 1. The first-order valence-electron chi connectivity index (χ1n) is 7.87. The Morgan fingerprint density at radius 1 is 1.17 bits per heavy atom. The summed E-state index contributed by atoms with van der Waals surface area (Å²) in [6.45, 7) is 3.70. The molecule has 23 heavy (non-hydrogen) atoms. The van der Waals surface area contributed by atoms with Crippen LogP contribution in [0, 0.1) is 3.57 Å². The van der Waals surface area contributed by atoms with E-state index in [0.29, 0.717) is 22.0 Å². The topological polar surface area (TPSA) is 63.6 Å². The van der Waals surface area contributed by atoms with Gasteiger partial charge in [0.25, 0.3) is 0 Å². The quantitative estimate of drug-likeness (QED) is 0.134. The summed E-state index contributed by atoms with van der Waals surface area (Å²) in [5.74, 6) is -0.101. The molecule has 0 heterocycles. The molecule has 0 saturated carbocycles. The fourth-order valence-corrected chi connectivity index (χ4v) is 2.81. The molecule has 0 aromatic heterocycles. The molecule has 0 saturated heterocycles. The van der Waals surface area contributed by atoms with Crippen molar-refractivity contribution in [3.05, 3.63) is 33.9 Å². The van der Waals surface area contributed by atoms with Gasteiger partial charge in [0.2, 0.25) is 0 Å². The molecule has 0 aliphatic carbocycles. The van der Waals surface area contributed by atoms with Gasteiger partial charge < -0.3 is 9.84 Å². The largest absolute Gasteiger partial charge is 0.506 e. The van der Waals surface area contributed by atoms with Crippen LogP contribution >= 0.6 is 22.6 Å². The average Bonchev–Trinajstić information content (AvgIpc) is 2.53. The second kappa shape index (κ2) is 11.2. The van der Waals surface area contributed by atoms with Gasteiger partial charge in [-0.3, -0.25) is 9.59 Å². The van der Waals surface area contributed by atoms with E-state index in [1.165, 1.54) is 25.3 Å². The predicted octanol–water partition coefficient (Wildman–Crippen LogP) is 5.02. The number of hydrogen-bond donors (Lipinski definition) is 1. The second-order valence-corrected chi connectivity index (χ2v) is 6.55. The van der Waals surface area contributed by atoms with Crippen molar-refractivity contribution in [3.63, 3.8) is 0 Å². The maximum atomic E-state index is 11.8. The molecule has 0 aliphatic heterocycles. The van der Waals surface area contributed by atoms with Crippen molar-refractivity contribution in [1.29, 1.82) is 0 Å². The number of allylic oxidation sites excluding steroid dienone is 1. The van der Waals surface area contributed by atoms with Crippen molar-refractivity contribution < 1.29 is 19.4 Å². The fraction of sp³-hybridized carbons (Fsp3) is 0.444. The number of aldehydes is 1. The average molecular weight is 430 g/mol. The smallest absolute Gasteiger partial charge is 0.311 e. The molecular weight excluding hydrogens is 407 g/mol. The van der Waals surface area contributed by atoms with Crippen LogP contribution in [0.4, 0.5) is 0 Å². The summed E-state index contributed by atoms with van der Waals surface area (Å²) >= 11 is 1.89. The predicted molar refractivity (Wildman–Crippen MR) is 99.0 cm³/mol. The Morgan fingerprint density at radius 3 is 2.48 bits per heavy atom. The highest BCUT2D eigenvalue weighted by Crippen LogP contribution is 2.28. The van der Waals surface area contributed by atoms with Gasteiger partial charge in [-0.15, -0.1) is 6.58 Å². The van der Waals surface area contributed by atoms with Crippen LogP contribution in [0.3, 0.4) is 0 Å². The summed E-state index contributed by atoms with van der Waals surface area (Å²) in [6, 6.07) is 2.92. The number of aromatic hydroxyl groups is 1. The van der Waals surface area contributed by atoms with Crippen LogP contribution < -0.4 is 4.74 Å². The zero-order chi connectivity index (χ0) is 17.1. The van der Waals surface area contributed by atoms with Crippen LogP contribution in [0.15, 0.2) is 24.8 Å². The molecule has 5 heteroatoms. The van der Waals surface area contributed by atoms with Crippen LogP contribution in [0.2, 0.25) is 0 Å². The van der Waals surface area contributed by atoms with Gasteiger partial charge in [-0.05, 0) is 54.0 Å². The van der Waals surface area contributed by atoms with Gasteiger partial charge in [0.1, 0.15) is 11.5 Å². The number of phenols is 1. The standard InChI is InChI=1S/C18H23IO4/c1-2-3-4-5-6-7-8-9-10-17(21)23-15-11-14(13-20)18(22)16(19)12-15/h2,11-13,22H,1,3-10H2. The van der Waals surface area contributed by atoms with Crippen LogP contribution in [0.25, 0.3) is 0 Å². The Bertz CT molecular complexity index is 540. The van der Waals surface area contributed by atoms with E-state index in [1.54, 1.807) is 6.07 Å². The third-order valence-corrected chi connectivity index (χ3v) is 4.29. The van der Waals surface area contributed by atoms with Crippen molar-refractivity contribution in [2.75, 3.05) is 0 Å². The summed E-state index contributed by atoms with van der Waals surface area (Å²) in [7, 11) is 0. The first-order chi connectivity index (χ1) is 11.1. The third kappa shape index (κ3) is 7.63. The second-order valence-electron chi connectivity index (χ2n) is 5.38. The number of carbonyl (C=O) groups excluding carboxylic acids is 2. The van der Waals surface area contributed by atoms with Crippen molar-refractivity contribution in [1.82, 2.24) is 0 Å². The number of rotatable bonds is 11. The number of halogens is 1. The molecule has 0 aliphatic rings. The highest BCUT2D eigenvalue weighted by molar-refractivity contribution is 14.1. The lowest BCUT2D eigenvalue weighted by atomic mass is 10.1. The molecule has 0 fully saturated rings. The normalized spacial score (nSPS) is 10.3. The Morgan fingerprint density at radius 2 is 1.83 bits per heavy atom. The van der Waals surface area contributed by atoms with E-state index in [9.17, 15) is 14.7 Å². The van der Waals surface area contributed by atoms with Crippen LogP contribution in [0.5, 0.6) is 11.5 Å². The van der Waals surface area contributed by atoms with Crippen molar-refractivity contribution in [3.8, 4) is 11.5 Å². The number of phenolic OH excluding ortho intramolecular Hbond substituents is 1. The van der Waals surface area contributed by atoms with Gasteiger partial charge in [-0.25, -0.2) is 0 Å². The number of carbonyl (C=O) groups is 2. The first kappa shape index (κ1) is 19.7. The molecule has 1 aromatic rings. The summed E-state index contributed by atoms with van der Waals surface area (Å²) < 4.78 is 5.71. The molecule has 0 spiro atoms. The van der Waals surface area contributed by atoms with Crippen LogP contribution in [0.1, 0.15) is 61.7 Å². The molecule has 0 atom stereocenters. The Labute approximate surface area is 151 Å². The maximum absolute atomic E-state index is 11.8. The Hall–Kier alpha value is -1.37. The monoisotopic (exact) mass is 430 g/mol. The van der Waals surface area contributed by atoms with Gasteiger partial charge in [0.05, 0.1) is 9.13 Å². The number of ether oxygens (including phenoxy) is 1. The molecule has 0 amide bonds. The molecule has 1 rings (SSSR count). The third-order valence-electron chi connectivity index (χ3n) is 3.46. The van der Waals surface area contributed by atoms with Gasteiger partial charge in [0.15, 0.2) is 6.29 Å². The first-order valence-corrected chi connectivity index (χ1v) is 8.95. The summed E-state index contributed by atoms with van der Waals surface area (Å²) in [6.07, 6.45) is 10.4. The van der Waals surface area contributed by atoms with Gasteiger partial charge in [-0.2, -0.15) is 0 Å². The highest BCUT2D eigenvalue weighted by Gasteiger charge is 2.11. The molecule has 0 radical (unpaired) electrons. The molecule has 1 N–H and O–H groups in total. The van der Waals surface area contributed by atoms with Crippen molar-refractivity contribution >= 4 is 34.8 Å². The van der Waals surface area contributed by atoms with E-state index in [2.05, 4.69) is 6.58 Å². The zero-order valence-corrected chi connectivity index (χ0v) is 15.4. The Balaban J connectivity index is 2.28. The van der Waals surface area contributed by atoms with Crippen molar-refractivity contribution in [2.24, 2.45) is 0 Å². The minimum absolute atomic E-state index is 0.0862. The minimum Gasteiger partial charge on any atom is -0.506 e. The highest BCUT2D eigenvalue weighted by atomic mass is 127. The molecule has 0 unspecified atom stereocenters. The maximum Gasteiger partial charge on any atom is 0.311 e. The number of unbranched alkanes of at least 4 members (excludes halogenated alkanes) is 6. The minimum atomic E-state index is -0.310. The van der Waals surface area contributed by atoms with Crippen LogP contribution in [-0.4, -0.2) is 17.4 Å². The number of hydrogen-bond acceptors (Lipinski definition) is 4. The van der Waals surface area contributed by atoms with Gasteiger partial charge >= 0.3 is 5.97 Å².